The highest BCUT2D eigenvalue weighted by Crippen LogP contribution is 2.42. The van der Waals surface area contributed by atoms with Gasteiger partial charge in [0, 0.05) is 16.3 Å². The van der Waals surface area contributed by atoms with Gasteiger partial charge in [-0.3, -0.25) is 0 Å². The van der Waals surface area contributed by atoms with Gasteiger partial charge in [-0.15, -0.1) is 0 Å². The summed E-state index contributed by atoms with van der Waals surface area (Å²) in [5.41, 5.74) is 9.59. The number of rotatable bonds is 17. The Balaban J connectivity index is 1.80. The number of ether oxygens (including phenoxy) is 2. The van der Waals surface area contributed by atoms with Crippen LogP contribution in [0.2, 0.25) is 0 Å². The molecule has 0 aliphatic rings. The molecule has 0 aliphatic carbocycles. The number of benzene rings is 3. The topological polar surface area (TPSA) is 31.6 Å². The van der Waals surface area contributed by atoms with Crippen molar-refractivity contribution in [3.8, 4) is 22.6 Å². The molecule has 4 aromatic rings. The van der Waals surface area contributed by atoms with E-state index in [0.717, 1.165) is 96.3 Å². The fraction of sp³-hybridized carbons (Fsp3) is 0.526. The molecule has 0 spiro atoms. The lowest BCUT2D eigenvalue weighted by Crippen LogP contribution is -2.01. The van der Waals surface area contributed by atoms with Crippen LogP contribution in [0.4, 0.5) is 0 Å². The molecule has 0 saturated heterocycles. The lowest BCUT2D eigenvalue weighted by Gasteiger charge is -2.18. The zero-order valence-corrected chi connectivity index (χ0v) is 26.6. The molecule has 4 rings (SSSR count). The van der Waals surface area contributed by atoms with Gasteiger partial charge in [0.15, 0.2) is 0 Å². The molecule has 0 unspecified atom stereocenters. The third-order valence-electron chi connectivity index (χ3n) is 8.27. The molecule has 0 aliphatic heterocycles. The fourth-order valence-electron chi connectivity index (χ4n) is 5.92. The molecule has 0 saturated carbocycles. The minimum Gasteiger partial charge on any atom is -0.493 e. The summed E-state index contributed by atoms with van der Waals surface area (Å²) in [6.45, 7) is 14.9. The number of unbranched alkanes of at least 4 members (excludes halogenated alkanes) is 6. The average molecular weight is 557 g/mol. The van der Waals surface area contributed by atoms with Crippen molar-refractivity contribution in [1.82, 2.24) is 0 Å². The number of aryl methyl sites for hydroxylation is 4. The SMILES string of the molecule is CCCCCCOc1cc2c(cc1C)oc1cc(-c3cc(CCC)c(C)cc3CCC)c(OCCCCCC)cc12. The summed E-state index contributed by atoms with van der Waals surface area (Å²) in [4.78, 5) is 0. The predicted octanol–water partition coefficient (Wildman–Crippen LogP) is 11.7. The predicted molar refractivity (Wildman–Crippen MR) is 176 cm³/mol. The van der Waals surface area contributed by atoms with Gasteiger partial charge in [0.2, 0.25) is 0 Å². The van der Waals surface area contributed by atoms with Crippen LogP contribution in [-0.2, 0) is 12.8 Å². The molecular formula is C38H52O3. The Kier molecular flexibility index (Phi) is 11.6. The van der Waals surface area contributed by atoms with Crippen molar-refractivity contribution in [2.24, 2.45) is 0 Å². The standard InChI is InChI=1S/C38H52O3/c1-7-11-13-15-19-39-35-24-33-34-25-36(40-20-16-14-12-8-2)32(26-38(34)41-37(33)22-28(35)6)31-23-29(17-9-3)27(5)21-30(31)18-10-4/h21-26H,7-20H2,1-6H3. The highest BCUT2D eigenvalue weighted by Gasteiger charge is 2.19. The summed E-state index contributed by atoms with van der Waals surface area (Å²) in [6.07, 6.45) is 13.9. The van der Waals surface area contributed by atoms with Crippen LogP contribution in [0.5, 0.6) is 11.5 Å². The van der Waals surface area contributed by atoms with E-state index in [9.17, 15) is 0 Å². The minimum atomic E-state index is 0.732. The second-order valence-corrected chi connectivity index (χ2v) is 11.8. The van der Waals surface area contributed by atoms with E-state index in [4.69, 9.17) is 13.9 Å². The van der Waals surface area contributed by atoms with Crippen LogP contribution < -0.4 is 9.47 Å². The lowest BCUT2D eigenvalue weighted by atomic mass is 9.90. The molecular weight excluding hydrogens is 504 g/mol. The van der Waals surface area contributed by atoms with Gasteiger partial charge in [0.1, 0.15) is 22.7 Å². The van der Waals surface area contributed by atoms with Crippen molar-refractivity contribution in [2.45, 2.75) is 119 Å². The monoisotopic (exact) mass is 556 g/mol. The molecule has 41 heavy (non-hydrogen) atoms. The Bertz CT molecular complexity index is 1410. The molecule has 0 atom stereocenters. The number of fused-ring (bicyclic) bond motifs is 3. The quantitative estimate of drug-likeness (QED) is 0.121. The van der Waals surface area contributed by atoms with E-state index >= 15 is 0 Å². The maximum atomic E-state index is 6.61. The molecule has 3 aromatic carbocycles. The second kappa shape index (κ2) is 15.3. The van der Waals surface area contributed by atoms with E-state index in [2.05, 4.69) is 77.9 Å². The molecule has 3 nitrogen and oxygen atoms in total. The zero-order chi connectivity index (χ0) is 29.2. The molecule has 0 amide bonds. The van der Waals surface area contributed by atoms with Gasteiger partial charge < -0.3 is 13.9 Å². The first-order valence-corrected chi connectivity index (χ1v) is 16.4. The highest BCUT2D eigenvalue weighted by atomic mass is 16.5. The first-order valence-electron chi connectivity index (χ1n) is 16.4. The van der Waals surface area contributed by atoms with Crippen molar-refractivity contribution in [3.05, 3.63) is 58.7 Å². The molecule has 1 aromatic heterocycles. The Hall–Kier alpha value is -2.94. The first kappa shape index (κ1) is 31.0. The van der Waals surface area contributed by atoms with Crippen molar-refractivity contribution < 1.29 is 13.9 Å². The summed E-state index contributed by atoms with van der Waals surface area (Å²) in [6, 6.07) is 13.6. The summed E-state index contributed by atoms with van der Waals surface area (Å²) in [5.74, 6) is 1.92. The Labute approximate surface area is 248 Å². The maximum absolute atomic E-state index is 6.61. The molecule has 0 bridgehead atoms. The van der Waals surface area contributed by atoms with Gasteiger partial charge >= 0.3 is 0 Å². The summed E-state index contributed by atoms with van der Waals surface area (Å²) in [7, 11) is 0. The van der Waals surface area contributed by atoms with Gasteiger partial charge in [0.05, 0.1) is 13.2 Å². The molecule has 0 radical (unpaired) electrons. The van der Waals surface area contributed by atoms with Crippen LogP contribution in [-0.4, -0.2) is 13.2 Å². The van der Waals surface area contributed by atoms with Crippen LogP contribution in [0.3, 0.4) is 0 Å². The Morgan fingerprint density at radius 2 is 1.10 bits per heavy atom. The third kappa shape index (κ3) is 7.67. The van der Waals surface area contributed by atoms with Crippen molar-refractivity contribution in [2.75, 3.05) is 13.2 Å². The van der Waals surface area contributed by atoms with E-state index in [1.807, 2.05) is 0 Å². The summed E-state index contributed by atoms with van der Waals surface area (Å²) >= 11 is 0. The van der Waals surface area contributed by atoms with E-state index in [1.54, 1.807) is 0 Å². The van der Waals surface area contributed by atoms with Crippen molar-refractivity contribution in [1.29, 1.82) is 0 Å². The van der Waals surface area contributed by atoms with Gasteiger partial charge in [-0.1, -0.05) is 91.2 Å². The van der Waals surface area contributed by atoms with Gasteiger partial charge in [-0.25, -0.2) is 0 Å². The van der Waals surface area contributed by atoms with Crippen molar-refractivity contribution >= 4 is 21.9 Å². The summed E-state index contributed by atoms with van der Waals surface area (Å²) < 4.78 is 19.4. The normalized spacial score (nSPS) is 11.6. The van der Waals surface area contributed by atoms with E-state index in [1.165, 1.54) is 60.8 Å². The molecule has 222 valence electrons. The fourth-order valence-corrected chi connectivity index (χ4v) is 5.92. The number of hydrogen-bond donors (Lipinski definition) is 0. The van der Waals surface area contributed by atoms with Crippen LogP contribution in [0.1, 0.15) is 114 Å². The Morgan fingerprint density at radius 3 is 1.73 bits per heavy atom. The lowest BCUT2D eigenvalue weighted by molar-refractivity contribution is 0.303. The number of hydrogen-bond acceptors (Lipinski definition) is 3. The summed E-state index contributed by atoms with van der Waals surface area (Å²) in [5, 5.41) is 2.20. The molecule has 0 N–H and O–H groups in total. The van der Waals surface area contributed by atoms with Crippen LogP contribution >= 0.6 is 0 Å². The van der Waals surface area contributed by atoms with Crippen LogP contribution in [0, 0.1) is 13.8 Å². The first-order chi connectivity index (χ1) is 20.0. The minimum absolute atomic E-state index is 0.732. The second-order valence-electron chi connectivity index (χ2n) is 11.8. The number of furan rings is 1. The van der Waals surface area contributed by atoms with E-state index in [0.29, 0.717) is 0 Å². The Morgan fingerprint density at radius 1 is 0.512 bits per heavy atom. The van der Waals surface area contributed by atoms with Crippen LogP contribution in [0.15, 0.2) is 40.8 Å². The van der Waals surface area contributed by atoms with Gasteiger partial charge in [-0.05, 0) is 91.6 Å². The molecule has 1 heterocycles. The van der Waals surface area contributed by atoms with Crippen molar-refractivity contribution in [3.63, 3.8) is 0 Å². The maximum Gasteiger partial charge on any atom is 0.136 e. The van der Waals surface area contributed by atoms with E-state index in [-0.39, 0.29) is 0 Å². The van der Waals surface area contributed by atoms with Gasteiger partial charge in [0.25, 0.3) is 0 Å². The smallest absolute Gasteiger partial charge is 0.136 e. The zero-order valence-electron chi connectivity index (χ0n) is 26.6. The van der Waals surface area contributed by atoms with Crippen LogP contribution in [0.25, 0.3) is 33.1 Å². The van der Waals surface area contributed by atoms with Gasteiger partial charge in [-0.2, -0.15) is 0 Å². The largest absolute Gasteiger partial charge is 0.493 e. The average Bonchev–Trinajstić information content (AvgIpc) is 3.30. The molecule has 0 fully saturated rings. The highest BCUT2D eigenvalue weighted by molar-refractivity contribution is 6.08. The third-order valence-corrected chi connectivity index (χ3v) is 8.27. The van der Waals surface area contributed by atoms with E-state index < -0.39 is 0 Å². The molecule has 3 heteroatoms.